The van der Waals surface area contributed by atoms with Gasteiger partial charge in [-0.3, -0.25) is 4.79 Å². The third kappa shape index (κ3) is 5.52. The Kier molecular flexibility index (Phi) is 7.41. The molecule has 0 spiro atoms. The van der Waals surface area contributed by atoms with Gasteiger partial charge in [-0.05, 0) is 60.2 Å². The van der Waals surface area contributed by atoms with Gasteiger partial charge in [-0.1, -0.05) is 59.1 Å². The Balaban J connectivity index is 1.47. The Bertz CT molecular complexity index is 2000. The van der Waals surface area contributed by atoms with Crippen molar-refractivity contribution in [3.8, 4) is 23.1 Å². The van der Waals surface area contributed by atoms with Crippen LogP contribution in [-0.4, -0.2) is 23.0 Å². The molecule has 0 N–H and O–H groups in total. The van der Waals surface area contributed by atoms with E-state index >= 15 is 0 Å². The van der Waals surface area contributed by atoms with E-state index in [4.69, 9.17) is 53.7 Å². The van der Waals surface area contributed by atoms with E-state index in [1.165, 1.54) is 18.0 Å². The zero-order valence-corrected chi connectivity index (χ0v) is 23.7. The number of fused-ring (bicyclic) bond motifs is 2. The maximum absolute atomic E-state index is 13.7. The summed E-state index contributed by atoms with van der Waals surface area (Å²) < 4.78 is 18.9. The zero-order chi connectivity index (χ0) is 28.5. The van der Waals surface area contributed by atoms with E-state index in [9.17, 15) is 4.79 Å². The molecule has 2 heterocycles. The lowest BCUT2D eigenvalue weighted by atomic mass is 10.2. The topological polar surface area (TPSA) is 78.9 Å². The highest BCUT2D eigenvalue weighted by molar-refractivity contribution is 6.31. The first-order valence-corrected chi connectivity index (χ1v) is 13.5. The predicted molar refractivity (Wildman–Crippen MR) is 163 cm³/mol. The first-order valence-electron chi connectivity index (χ1n) is 12.4. The molecule has 6 aromatic rings. The molecular weight excluding hydrogens is 585 g/mol. The highest BCUT2D eigenvalue weighted by Gasteiger charge is 2.18. The summed E-state index contributed by atoms with van der Waals surface area (Å²) in [6.45, 7) is 0.236. The lowest BCUT2D eigenvalue weighted by molar-refractivity contribution is 0.284. The van der Waals surface area contributed by atoms with Crippen molar-refractivity contribution in [1.29, 1.82) is 0 Å². The molecule has 0 bridgehead atoms. The van der Waals surface area contributed by atoms with Crippen LogP contribution in [0.15, 0.2) is 99.2 Å². The molecular formula is C31H20Cl3N3O4. The van der Waals surface area contributed by atoms with Crippen molar-refractivity contribution in [3.63, 3.8) is 0 Å². The average molecular weight is 605 g/mol. The summed E-state index contributed by atoms with van der Waals surface area (Å²) in [4.78, 5) is 18.4. The smallest absolute Gasteiger partial charge is 0.282 e. The number of hydrogen-bond acceptors (Lipinski definition) is 6. The first kappa shape index (κ1) is 26.9. The Morgan fingerprint density at radius 2 is 1.71 bits per heavy atom. The predicted octanol–water partition coefficient (Wildman–Crippen LogP) is 8.24. The van der Waals surface area contributed by atoms with E-state index < -0.39 is 0 Å². The fourth-order valence-corrected chi connectivity index (χ4v) is 4.88. The summed E-state index contributed by atoms with van der Waals surface area (Å²) in [5.41, 5.74) is 2.12. The van der Waals surface area contributed by atoms with Crippen molar-refractivity contribution >= 4 is 62.9 Å². The van der Waals surface area contributed by atoms with Crippen LogP contribution in [0.25, 0.3) is 33.5 Å². The molecule has 4 aromatic carbocycles. The van der Waals surface area contributed by atoms with Crippen molar-refractivity contribution in [2.24, 2.45) is 5.10 Å². The largest absolute Gasteiger partial charge is 0.493 e. The van der Waals surface area contributed by atoms with Crippen molar-refractivity contribution in [1.82, 2.24) is 9.66 Å². The number of ether oxygens (including phenoxy) is 2. The number of rotatable bonds is 7. The molecule has 2 aromatic heterocycles. The molecule has 0 saturated heterocycles. The summed E-state index contributed by atoms with van der Waals surface area (Å²) in [6, 6.07) is 24.7. The van der Waals surface area contributed by atoms with Gasteiger partial charge < -0.3 is 13.9 Å². The van der Waals surface area contributed by atoms with Crippen molar-refractivity contribution in [2.45, 2.75) is 6.61 Å². The molecule has 0 radical (unpaired) electrons. The fraction of sp³-hybridized carbons (Fsp3) is 0.0645. The minimum Gasteiger partial charge on any atom is -0.493 e. The maximum atomic E-state index is 13.7. The van der Waals surface area contributed by atoms with E-state index in [-0.39, 0.29) is 18.0 Å². The Morgan fingerprint density at radius 3 is 2.51 bits per heavy atom. The van der Waals surface area contributed by atoms with Crippen LogP contribution in [0, 0.1) is 0 Å². The Labute approximate surface area is 249 Å². The third-order valence-corrected chi connectivity index (χ3v) is 7.03. The third-order valence-electron chi connectivity index (χ3n) is 6.33. The van der Waals surface area contributed by atoms with E-state index in [0.717, 1.165) is 10.9 Å². The van der Waals surface area contributed by atoms with Crippen molar-refractivity contribution in [3.05, 3.63) is 121 Å². The van der Waals surface area contributed by atoms with Gasteiger partial charge in [0.25, 0.3) is 5.56 Å². The van der Waals surface area contributed by atoms with E-state index in [1.54, 1.807) is 66.7 Å². The molecule has 0 aliphatic heterocycles. The number of furan rings is 1. The summed E-state index contributed by atoms with van der Waals surface area (Å²) in [5, 5.41) is 7.31. The van der Waals surface area contributed by atoms with Crippen LogP contribution in [0.4, 0.5) is 0 Å². The van der Waals surface area contributed by atoms with Crippen LogP contribution in [0.5, 0.6) is 11.5 Å². The molecule has 0 fully saturated rings. The van der Waals surface area contributed by atoms with E-state index in [0.29, 0.717) is 54.4 Å². The number of hydrogen-bond donors (Lipinski definition) is 0. The molecule has 0 saturated carbocycles. The highest BCUT2D eigenvalue weighted by Crippen LogP contribution is 2.35. The van der Waals surface area contributed by atoms with Crippen molar-refractivity contribution in [2.75, 3.05) is 7.11 Å². The summed E-state index contributed by atoms with van der Waals surface area (Å²) in [6.07, 6.45) is 1.48. The molecule has 0 aliphatic carbocycles. The lowest BCUT2D eigenvalue weighted by Crippen LogP contribution is -2.20. The number of benzene rings is 4. The van der Waals surface area contributed by atoms with Gasteiger partial charge in [-0.15, -0.1) is 0 Å². The molecule has 7 nitrogen and oxygen atoms in total. The van der Waals surface area contributed by atoms with Gasteiger partial charge in [0.05, 0.1) is 24.2 Å². The summed E-state index contributed by atoms with van der Waals surface area (Å²) >= 11 is 18.6. The minimum atomic E-state index is -0.377. The minimum absolute atomic E-state index is 0.217. The monoisotopic (exact) mass is 603 g/mol. The van der Waals surface area contributed by atoms with Crippen LogP contribution in [0.1, 0.15) is 11.1 Å². The second-order valence-corrected chi connectivity index (χ2v) is 10.4. The van der Waals surface area contributed by atoms with Gasteiger partial charge >= 0.3 is 0 Å². The van der Waals surface area contributed by atoms with Crippen LogP contribution in [-0.2, 0) is 6.61 Å². The first-order chi connectivity index (χ1) is 19.9. The second kappa shape index (κ2) is 11.3. The average Bonchev–Trinajstić information content (AvgIpc) is 3.39. The van der Waals surface area contributed by atoms with E-state index in [1.807, 2.05) is 18.2 Å². The SMILES string of the molecule is COc1cc(Cl)cc(C=Nn2c(-c3cc4cc(Cl)ccc4o3)nc3ccccc3c2=O)c1OCc1ccc(Cl)cc1. The molecule has 0 aliphatic rings. The van der Waals surface area contributed by atoms with E-state index in [2.05, 4.69) is 5.10 Å². The molecule has 0 unspecified atom stereocenters. The van der Waals surface area contributed by atoms with Crippen LogP contribution < -0.4 is 15.0 Å². The quantitative estimate of drug-likeness (QED) is 0.172. The zero-order valence-electron chi connectivity index (χ0n) is 21.5. The number of methoxy groups -OCH3 is 1. The van der Waals surface area contributed by atoms with Gasteiger partial charge in [-0.25, -0.2) is 4.98 Å². The molecule has 6 rings (SSSR count). The summed E-state index contributed by atoms with van der Waals surface area (Å²) in [5.74, 6) is 1.38. The second-order valence-electron chi connectivity index (χ2n) is 9.05. The molecule has 41 heavy (non-hydrogen) atoms. The highest BCUT2D eigenvalue weighted by atomic mass is 35.5. The van der Waals surface area contributed by atoms with Gasteiger partial charge in [0.15, 0.2) is 17.3 Å². The van der Waals surface area contributed by atoms with Crippen LogP contribution in [0.3, 0.4) is 0 Å². The van der Waals surface area contributed by atoms with Gasteiger partial charge in [0.1, 0.15) is 12.2 Å². The number of nitrogens with zero attached hydrogens (tertiary/aromatic N) is 3. The summed E-state index contributed by atoms with van der Waals surface area (Å²) in [7, 11) is 1.52. The molecule has 10 heteroatoms. The molecule has 0 atom stereocenters. The Morgan fingerprint density at radius 1 is 0.927 bits per heavy atom. The Hall–Kier alpha value is -4.30. The standard InChI is InChI=1S/C31H20Cl3N3O4/c1-39-27-15-23(34)13-20(29(27)40-17-18-6-8-21(32)9-7-18)16-35-37-30(36-25-5-3-2-4-24(25)31(37)38)28-14-19-12-22(33)10-11-26(19)41-28/h2-16H,17H2,1H3. The number of aromatic nitrogens is 2. The number of halogens is 3. The number of para-hydroxylation sites is 1. The van der Waals surface area contributed by atoms with Gasteiger partial charge in [0.2, 0.25) is 5.82 Å². The fourth-order valence-electron chi connectivity index (χ4n) is 4.36. The van der Waals surface area contributed by atoms with Crippen molar-refractivity contribution < 1.29 is 13.9 Å². The van der Waals surface area contributed by atoms with Crippen LogP contribution >= 0.6 is 34.8 Å². The van der Waals surface area contributed by atoms with Gasteiger partial charge in [0, 0.05) is 32.1 Å². The maximum Gasteiger partial charge on any atom is 0.282 e. The van der Waals surface area contributed by atoms with Gasteiger partial charge in [-0.2, -0.15) is 9.78 Å². The van der Waals surface area contributed by atoms with Crippen LogP contribution in [0.2, 0.25) is 15.1 Å². The molecule has 0 amide bonds. The lowest BCUT2D eigenvalue weighted by Gasteiger charge is -2.14. The molecule has 204 valence electrons. The normalized spacial score (nSPS) is 11.5.